The molecule has 0 radical (unpaired) electrons. The molecular weight excluding hydrogens is 180 g/mol. The van der Waals surface area contributed by atoms with Crippen LogP contribution in [0, 0.1) is 0 Å². The second-order valence-corrected chi connectivity index (χ2v) is 4.10. The highest BCUT2D eigenvalue weighted by atomic mass is 16.5. The molecule has 0 spiro atoms. The maximum atomic E-state index is 11.1. The molecular formula is C10H20N2O2. The zero-order valence-corrected chi connectivity index (χ0v) is 9.25. The summed E-state index contributed by atoms with van der Waals surface area (Å²) < 4.78 is 4.67. The Balaban J connectivity index is 2.44. The molecule has 0 saturated carbocycles. The third kappa shape index (κ3) is 3.64. The molecule has 0 amide bonds. The smallest absolute Gasteiger partial charge is 0.307 e. The molecule has 1 fully saturated rings. The van der Waals surface area contributed by atoms with Crippen LogP contribution in [-0.4, -0.2) is 50.2 Å². The molecule has 2 unspecified atom stereocenters. The van der Waals surface area contributed by atoms with Gasteiger partial charge in [0, 0.05) is 18.6 Å². The van der Waals surface area contributed by atoms with Crippen LogP contribution in [0.4, 0.5) is 0 Å². The van der Waals surface area contributed by atoms with Gasteiger partial charge in [-0.05, 0) is 26.9 Å². The summed E-state index contributed by atoms with van der Waals surface area (Å²) in [7, 11) is 3.52. The second kappa shape index (κ2) is 5.32. The number of rotatable bonds is 2. The Morgan fingerprint density at radius 2 is 2.36 bits per heavy atom. The predicted octanol–water partition coefficient (Wildman–Crippen LogP) is 0.232. The van der Waals surface area contributed by atoms with Crippen molar-refractivity contribution in [3.8, 4) is 0 Å². The van der Waals surface area contributed by atoms with E-state index >= 15 is 0 Å². The summed E-state index contributed by atoms with van der Waals surface area (Å²) in [6, 6.07) is 0.708. The lowest BCUT2D eigenvalue weighted by atomic mass is 10.2. The number of methoxy groups -OCH3 is 1. The molecule has 1 aliphatic rings. The zero-order chi connectivity index (χ0) is 10.6. The van der Waals surface area contributed by atoms with E-state index in [1.807, 2.05) is 0 Å². The fraction of sp³-hybridized carbons (Fsp3) is 0.900. The molecule has 1 heterocycles. The molecule has 2 atom stereocenters. The van der Waals surface area contributed by atoms with Crippen LogP contribution in [0.3, 0.4) is 0 Å². The quantitative estimate of drug-likeness (QED) is 0.648. The molecule has 0 aromatic rings. The Bertz CT molecular complexity index is 185. The average Bonchev–Trinajstić information content (AvgIpc) is 2.28. The second-order valence-electron chi connectivity index (χ2n) is 4.10. The largest absolute Gasteiger partial charge is 0.469 e. The monoisotopic (exact) mass is 200 g/mol. The Labute approximate surface area is 85.6 Å². The first-order valence-electron chi connectivity index (χ1n) is 5.13. The fourth-order valence-corrected chi connectivity index (χ4v) is 1.83. The number of nitrogens with zero attached hydrogens (tertiary/aromatic N) is 1. The minimum absolute atomic E-state index is 0.134. The molecule has 0 aromatic heterocycles. The van der Waals surface area contributed by atoms with Crippen LogP contribution < -0.4 is 5.32 Å². The van der Waals surface area contributed by atoms with Gasteiger partial charge in [0.15, 0.2) is 0 Å². The molecule has 0 bridgehead atoms. The van der Waals surface area contributed by atoms with Gasteiger partial charge in [0.05, 0.1) is 13.5 Å². The molecule has 0 aromatic carbocycles. The van der Waals surface area contributed by atoms with Crippen LogP contribution in [0.25, 0.3) is 0 Å². The summed E-state index contributed by atoms with van der Waals surface area (Å²) in [5.41, 5.74) is 0. The number of hydrogen-bond donors (Lipinski definition) is 1. The highest BCUT2D eigenvalue weighted by Crippen LogP contribution is 2.06. The Kier molecular flexibility index (Phi) is 4.35. The molecule has 82 valence electrons. The van der Waals surface area contributed by atoms with E-state index in [-0.39, 0.29) is 12.0 Å². The number of likely N-dealkylation sites (N-methyl/N-ethyl adjacent to an activating group) is 1. The van der Waals surface area contributed by atoms with E-state index in [1.165, 1.54) is 7.11 Å². The van der Waals surface area contributed by atoms with Crippen LogP contribution in [0.2, 0.25) is 0 Å². The molecule has 14 heavy (non-hydrogen) atoms. The van der Waals surface area contributed by atoms with Crippen LogP contribution in [-0.2, 0) is 9.53 Å². The molecule has 4 nitrogen and oxygen atoms in total. The fourth-order valence-electron chi connectivity index (χ4n) is 1.83. The maximum absolute atomic E-state index is 11.1. The highest BCUT2D eigenvalue weighted by Gasteiger charge is 2.21. The third-order valence-corrected chi connectivity index (χ3v) is 2.64. The van der Waals surface area contributed by atoms with Gasteiger partial charge in [0.25, 0.3) is 0 Å². The minimum Gasteiger partial charge on any atom is -0.469 e. The number of carbonyl (C=O) groups is 1. The number of carbonyl (C=O) groups excluding carboxylic acids is 1. The zero-order valence-electron chi connectivity index (χ0n) is 9.25. The van der Waals surface area contributed by atoms with E-state index in [0.717, 1.165) is 19.5 Å². The lowest BCUT2D eigenvalue weighted by Gasteiger charge is -2.20. The Hall–Kier alpha value is -0.610. The lowest BCUT2D eigenvalue weighted by molar-refractivity contribution is -0.141. The SMILES string of the molecule is COC(=O)CC1CN(C)CCC(C)N1. The van der Waals surface area contributed by atoms with Crippen LogP contribution in [0.15, 0.2) is 0 Å². The number of ether oxygens (including phenoxy) is 1. The number of esters is 1. The number of nitrogens with one attached hydrogen (secondary N) is 1. The Morgan fingerprint density at radius 3 is 3.00 bits per heavy atom. The summed E-state index contributed by atoms with van der Waals surface area (Å²) >= 11 is 0. The van der Waals surface area contributed by atoms with Gasteiger partial charge in [-0.1, -0.05) is 0 Å². The maximum Gasteiger partial charge on any atom is 0.307 e. The standard InChI is InChI=1S/C10H20N2O2/c1-8-4-5-12(2)7-9(11-8)6-10(13)14-3/h8-9,11H,4-7H2,1-3H3. The summed E-state index contributed by atoms with van der Waals surface area (Å²) in [5, 5.41) is 3.43. The van der Waals surface area contributed by atoms with Crippen LogP contribution in [0.1, 0.15) is 19.8 Å². The predicted molar refractivity (Wildman–Crippen MR) is 55.1 cm³/mol. The molecule has 1 N–H and O–H groups in total. The van der Waals surface area contributed by atoms with Crippen molar-refractivity contribution in [2.24, 2.45) is 0 Å². The van der Waals surface area contributed by atoms with Gasteiger partial charge < -0.3 is 15.0 Å². The van der Waals surface area contributed by atoms with Gasteiger partial charge >= 0.3 is 5.97 Å². The van der Waals surface area contributed by atoms with E-state index in [4.69, 9.17) is 0 Å². The van der Waals surface area contributed by atoms with Gasteiger partial charge in [-0.3, -0.25) is 4.79 Å². The van der Waals surface area contributed by atoms with Crippen molar-refractivity contribution in [1.82, 2.24) is 10.2 Å². The summed E-state index contributed by atoms with van der Waals surface area (Å²) in [5.74, 6) is -0.134. The van der Waals surface area contributed by atoms with Crippen LogP contribution in [0.5, 0.6) is 0 Å². The number of hydrogen-bond acceptors (Lipinski definition) is 4. The highest BCUT2D eigenvalue weighted by molar-refractivity contribution is 5.69. The molecule has 0 aliphatic carbocycles. The first-order chi connectivity index (χ1) is 6.61. The molecule has 1 saturated heterocycles. The molecule has 1 aliphatic heterocycles. The molecule has 1 rings (SSSR count). The Morgan fingerprint density at radius 1 is 1.64 bits per heavy atom. The lowest BCUT2D eigenvalue weighted by Crippen LogP contribution is -2.40. The summed E-state index contributed by atoms with van der Waals surface area (Å²) in [4.78, 5) is 13.4. The van der Waals surface area contributed by atoms with E-state index < -0.39 is 0 Å². The average molecular weight is 200 g/mol. The van der Waals surface area contributed by atoms with Crippen molar-refractivity contribution in [1.29, 1.82) is 0 Å². The van der Waals surface area contributed by atoms with Crippen molar-refractivity contribution in [2.45, 2.75) is 31.8 Å². The first kappa shape index (κ1) is 11.5. The van der Waals surface area contributed by atoms with Gasteiger partial charge in [-0.25, -0.2) is 0 Å². The summed E-state index contributed by atoms with van der Waals surface area (Å²) in [6.07, 6.45) is 1.60. The van der Waals surface area contributed by atoms with Gasteiger partial charge in [-0.15, -0.1) is 0 Å². The van der Waals surface area contributed by atoms with Crippen molar-refractivity contribution in [3.63, 3.8) is 0 Å². The van der Waals surface area contributed by atoms with Gasteiger partial charge in [-0.2, -0.15) is 0 Å². The van der Waals surface area contributed by atoms with Crippen molar-refractivity contribution in [2.75, 3.05) is 27.2 Å². The van der Waals surface area contributed by atoms with Gasteiger partial charge in [0.1, 0.15) is 0 Å². The first-order valence-corrected chi connectivity index (χ1v) is 5.13. The minimum atomic E-state index is -0.134. The van der Waals surface area contributed by atoms with E-state index in [2.05, 4.69) is 28.9 Å². The summed E-state index contributed by atoms with van der Waals surface area (Å²) in [6.45, 7) is 4.16. The molecule has 4 heteroatoms. The van der Waals surface area contributed by atoms with Gasteiger partial charge in [0.2, 0.25) is 0 Å². The van der Waals surface area contributed by atoms with E-state index in [9.17, 15) is 4.79 Å². The van der Waals surface area contributed by atoms with E-state index in [0.29, 0.717) is 12.5 Å². The van der Waals surface area contributed by atoms with Crippen LogP contribution >= 0.6 is 0 Å². The topological polar surface area (TPSA) is 41.6 Å². The third-order valence-electron chi connectivity index (χ3n) is 2.64. The van der Waals surface area contributed by atoms with Crippen molar-refractivity contribution in [3.05, 3.63) is 0 Å². The van der Waals surface area contributed by atoms with Crippen molar-refractivity contribution < 1.29 is 9.53 Å². The van der Waals surface area contributed by atoms with E-state index in [1.54, 1.807) is 0 Å². The van der Waals surface area contributed by atoms with Crippen molar-refractivity contribution >= 4 is 5.97 Å². The normalized spacial score (nSPS) is 29.6.